The lowest BCUT2D eigenvalue weighted by Crippen LogP contribution is -2.25. The van der Waals surface area contributed by atoms with Crippen LogP contribution in [-0.2, 0) is 4.79 Å². The number of hydrogen-bond acceptors (Lipinski definition) is 3. The highest BCUT2D eigenvalue weighted by Gasteiger charge is 2.30. The van der Waals surface area contributed by atoms with Crippen LogP contribution in [0.25, 0.3) is 0 Å². The summed E-state index contributed by atoms with van der Waals surface area (Å²) in [6.45, 7) is 2.94. The van der Waals surface area contributed by atoms with E-state index in [0.29, 0.717) is 12.3 Å². The molecule has 1 aromatic rings. The first-order valence-electron chi connectivity index (χ1n) is 5.89. The number of thiol groups is 1. The van der Waals surface area contributed by atoms with E-state index in [2.05, 4.69) is 25.6 Å². The van der Waals surface area contributed by atoms with Gasteiger partial charge in [-0.2, -0.15) is 12.6 Å². The Labute approximate surface area is 112 Å². The van der Waals surface area contributed by atoms with Gasteiger partial charge in [0.2, 0.25) is 5.91 Å². The zero-order chi connectivity index (χ0) is 12.3. The quantitative estimate of drug-likeness (QED) is 0.668. The smallest absolute Gasteiger partial charge is 0.227 e. The molecule has 2 rings (SSSR count). The topological polar surface area (TPSA) is 20.3 Å². The van der Waals surface area contributed by atoms with Crippen molar-refractivity contribution in [2.45, 2.75) is 18.2 Å². The molecule has 1 atom stereocenters. The van der Waals surface area contributed by atoms with Crippen molar-refractivity contribution in [1.29, 1.82) is 0 Å². The molecule has 1 heterocycles. The van der Waals surface area contributed by atoms with Gasteiger partial charge in [-0.3, -0.25) is 4.79 Å². The zero-order valence-electron chi connectivity index (χ0n) is 9.93. The van der Waals surface area contributed by atoms with Crippen molar-refractivity contribution < 1.29 is 4.79 Å². The zero-order valence-corrected chi connectivity index (χ0v) is 11.6. The van der Waals surface area contributed by atoms with Crippen molar-refractivity contribution in [3.05, 3.63) is 24.3 Å². The van der Waals surface area contributed by atoms with E-state index in [0.717, 1.165) is 23.7 Å². The Hall–Kier alpha value is -0.610. The van der Waals surface area contributed by atoms with Gasteiger partial charge in [0.1, 0.15) is 0 Å². The second-order valence-electron chi connectivity index (χ2n) is 4.16. The summed E-state index contributed by atoms with van der Waals surface area (Å²) in [6, 6.07) is 8.15. The molecular weight excluding hydrogens is 250 g/mol. The lowest BCUT2D eigenvalue weighted by atomic mass is 10.1. The molecule has 1 aromatic carbocycles. The Kier molecular flexibility index (Phi) is 4.40. The summed E-state index contributed by atoms with van der Waals surface area (Å²) in [5, 5.41) is 0. The van der Waals surface area contributed by atoms with Crippen molar-refractivity contribution in [2.75, 3.05) is 23.0 Å². The van der Waals surface area contributed by atoms with Gasteiger partial charge in [0.15, 0.2) is 0 Å². The Bertz CT molecular complexity index is 408. The summed E-state index contributed by atoms with van der Waals surface area (Å²) >= 11 is 6.08. The number of carbonyl (C=O) groups excluding carboxylic acids is 1. The predicted octanol–water partition coefficient (Wildman–Crippen LogP) is 3.08. The van der Waals surface area contributed by atoms with Crippen molar-refractivity contribution in [2.24, 2.45) is 5.92 Å². The van der Waals surface area contributed by atoms with E-state index in [-0.39, 0.29) is 5.91 Å². The van der Waals surface area contributed by atoms with E-state index >= 15 is 0 Å². The minimum absolute atomic E-state index is 0.230. The van der Waals surface area contributed by atoms with Gasteiger partial charge in [-0.1, -0.05) is 19.1 Å². The number of rotatable bonds is 4. The number of benzene rings is 1. The number of carbonyl (C=O) groups is 1. The predicted molar refractivity (Wildman–Crippen MR) is 77.2 cm³/mol. The molecule has 4 heteroatoms. The van der Waals surface area contributed by atoms with Crippen LogP contribution in [0.4, 0.5) is 5.69 Å². The van der Waals surface area contributed by atoms with Gasteiger partial charge in [0.25, 0.3) is 0 Å². The lowest BCUT2D eigenvalue weighted by molar-refractivity contribution is -0.117. The fourth-order valence-electron chi connectivity index (χ4n) is 2.09. The molecule has 17 heavy (non-hydrogen) atoms. The molecule has 0 bridgehead atoms. The van der Waals surface area contributed by atoms with E-state index in [1.165, 1.54) is 4.90 Å². The summed E-state index contributed by atoms with van der Waals surface area (Å²) in [5.41, 5.74) is 1.06. The number of para-hydroxylation sites is 1. The van der Waals surface area contributed by atoms with Crippen LogP contribution in [0, 0.1) is 5.92 Å². The first kappa shape index (κ1) is 12.8. The first-order valence-corrected chi connectivity index (χ1v) is 7.51. The van der Waals surface area contributed by atoms with Crippen molar-refractivity contribution in [3.63, 3.8) is 0 Å². The third-order valence-electron chi connectivity index (χ3n) is 2.92. The standard InChI is InChI=1S/C13H17NOS2/c1-2-17-12-6-4-3-5-11(12)14-8-10(9-16)7-13(14)15/h3-6,10,16H,2,7-9H2,1H3. The second-order valence-corrected chi connectivity index (χ2v) is 5.83. The van der Waals surface area contributed by atoms with E-state index in [4.69, 9.17) is 0 Å². The highest BCUT2D eigenvalue weighted by Crippen LogP contribution is 2.33. The van der Waals surface area contributed by atoms with Gasteiger partial charge >= 0.3 is 0 Å². The fourth-order valence-corrected chi connectivity index (χ4v) is 3.15. The molecule has 1 unspecified atom stereocenters. The largest absolute Gasteiger partial charge is 0.311 e. The first-order chi connectivity index (χ1) is 8.26. The number of thioether (sulfide) groups is 1. The summed E-state index contributed by atoms with van der Waals surface area (Å²) in [4.78, 5) is 15.1. The van der Waals surface area contributed by atoms with E-state index in [9.17, 15) is 4.79 Å². The van der Waals surface area contributed by atoms with Crippen LogP contribution in [-0.4, -0.2) is 24.0 Å². The van der Waals surface area contributed by atoms with Gasteiger partial charge in [0, 0.05) is 17.9 Å². The Balaban J connectivity index is 2.25. The van der Waals surface area contributed by atoms with Crippen molar-refractivity contribution in [1.82, 2.24) is 0 Å². The maximum atomic E-state index is 12.0. The molecule has 0 spiro atoms. The van der Waals surface area contributed by atoms with Crippen LogP contribution in [0.1, 0.15) is 13.3 Å². The molecular formula is C13H17NOS2. The second kappa shape index (κ2) is 5.83. The average molecular weight is 267 g/mol. The maximum absolute atomic E-state index is 12.0. The maximum Gasteiger partial charge on any atom is 0.227 e. The molecule has 1 saturated heterocycles. The summed E-state index contributed by atoms with van der Waals surface area (Å²) in [7, 11) is 0. The van der Waals surface area contributed by atoms with Gasteiger partial charge in [-0.25, -0.2) is 0 Å². The molecule has 1 amide bonds. The van der Waals surface area contributed by atoms with Crippen LogP contribution in [0.3, 0.4) is 0 Å². The molecule has 1 fully saturated rings. The minimum atomic E-state index is 0.230. The molecule has 0 radical (unpaired) electrons. The summed E-state index contributed by atoms with van der Waals surface area (Å²) < 4.78 is 0. The number of anilines is 1. The van der Waals surface area contributed by atoms with E-state index < -0.39 is 0 Å². The van der Waals surface area contributed by atoms with Crippen LogP contribution >= 0.6 is 24.4 Å². The molecule has 0 saturated carbocycles. The third-order valence-corrected chi connectivity index (χ3v) is 4.38. The molecule has 1 aliphatic rings. The van der Waals surface area contributed by atoms with E-state index in [1.54, 1.807) is 11.8 Å². The van der Waals surface area contributed by atoms with Crippen molar-refractivity contribution in [3.8, 4) is 0 Å². The SMILES string of the molecule is CCSc1ccccc1N1CC(CS)CC1=O. The number of nitrogens with zero attached hydrogens (tertiary/aromatic N) is 1. The molecule has 92 valence electrons. The molecule has 0 aliphatic carbocycles. The van der Waals surface area contributed by atoms with Crippen molar-refractivity contribution >= 4 is 36.0 Å². The Morgan fingerprint density at radius 1 is 1.47 bits per heavy atom. The number of amides is 1. The molecule has 2 nitrogen and oxygen atoms in total. The highest BCUT2D eigenvalue weighted by molar-refractivity contribution is 7.99. The van der Waals surface area contributed by atoms with Gasteiger partial charge in [-0.05, 0) is 29.6 Å². The molecule has 1 aliphatic heterocycles. The van der Waals surface area contributed by atoms with Crippen LogP contribution in [0.5, 0.6) is 0 Å². The van der Waals surface area contributed by atoms with Crippen LogP contribution < -0.4 is 4.90 Å². The monoisotopic (exact) mass is 267 g/mol. The normalized spacial score (nSPS) is 20.0. The highest BCUT2D eigenvalue weighted by atomic mass is 32.2. The van der Waals surface area contributed by atoms with Crippen LogP contribution in [0.2, 0.25) is 0 Å². The van der Waals surface area contributed by atoms with Gasteiger partial charge in [-0.15, -0.1) is 11.8 Å². The third kappa shape index (κ3) is 2.80. The number of hydrogen-bond donors (Lipinski definition) is 1. The van der Waals surface area contributed by atoms with Gasteiger partial charge < -0.3 is 4.90 Å². The van der Waals surface area contributed by atoms with E-state index in [1.807, 2.05) is 23.1 Å². The Morgan fingerprint density at radius 3 is 2.88 bits per heavy atom. The Morgan fingerprint density at radius 2 is 2.24 bits per heavy atom. The average Bonchev–Trinajstić information content (AvgIpc) is 2.72. The lowest BCUT2D eigenvalue weighted by Gasteiger charge is -2.19. The molecule has 0 aromatic heterocycles. The summed E-state index contributed by atoms with van der Waals surface area (Å²) in [6.07, 6.45) is 0.634. The molecule has 0 N–H and O–H groups in total. The fraction of sp³-hybridized carbons (Fsp3) is 0.462. The summed E-state index contributed by atoms with van der Waals surface area (Å²) in [5.74, 6) is 2.43. The minimum Gasteiger partial charge on any atom is -0.311 e. The van der Waals surface area contributed by atoms with Crippen LogP contribution in [0.15, 0.2) is 29.2 Å². The van der Waals surface area contributed by atoms with Gasteiger partial charge in [0.05, 0.1) is 5.69 Å².